The Labute approximate surface area is 112 Å². The van der Waals surface area contributed by atoms with Crippen molar-refractivity contribution in [2.45, 2.75) is 53.2 Å². The first kappa shape index (κ1) is 17.1. The zero-order valence-electron chi connectivity index (χ0n) is 12.4. The largest absolute Gasteiger partial charge is 0.353 e. The van der Waals surface area contributed by atoms with E-state index in [9.17, 15) is 0 Å². The van der Waals surface area contributed by atoms with Gasteiger partial charge in [-0.05, 0) is 40.5 Å². The van der Waals surface area contributed by atoms with Gasteiger partial charge in [-0.25, -0.2) is 0 Å². The van der Waals surface area contributed by atoms with E-state index in [1.807, 2.05) is 19.9 Å². The number of hydrogen-bond donors (Lipinski definition) is 0. The van der Waals surface area contributed by atoms with Crippen molar-refractivity contribution in [3.63, 3.8) is 0 Å². The number of rotatable bonds is 10. The Kier molecular flexibility index (Phi) is 10.7. The van der Waals surface area contributed by atoms with E-state index in [1.54, 1.807) is 0 Å². The number of allylic oxidation sites excluding steroid dienone is 5. The van der Waals surface area contributed by atoms with Crippen molar-refractivity contribution in [3.05, 3.63) is 36.0 Å². The maximum atomic E-state index is 5.52. The molecule has 0 aliphatic rings. The maximum absolute atomic E-state index is 5.52. The summed E-state index contributed by atoms with van der Waals surface area (Å²) in [5.74, 6) is 0. The molecule has 0 aliphatic heterocycles. The van der Waals surface area contributed by atoms with E-state index in [-0.39, 0.29) is 6.29 Å². The third kappa shape index (κ3) is 9.20. The van der Waals surface area contributed by atoms with E-state index in [1.165, 1.54) is 11.1 Å². The molecule has 0 atom stereocenters. The first-order chi connectivity index (χ1) is 8.63. The Morgan fingerprint density at radius 3 is 2.22 bits per heavy atom. The summed E-state index contributed by atoms with van der Waals surface area (Å²) in [6.45, 7) is 13.4. The van der Waals surface area contributed by atoms with Gasteiger partial charge in [-0.1, -0.05) is 36.0 Å². The van der Waals surface area contributed by atoms with Crippen LogP contribution in [0.1, 0.15) is 47.0 Å². The van der Waals surface area contributed by atoms with E-state index in [0.717, 1.165) is 19.3 Å². The fourth-order valence-corrected chi connectivity index (χ4v) is 1.56. The van der Waals surface area contributed by atoms with Crippen molar-refractivity contribution in [3.8, 4) is 0 Å². The van der Waals surface area contributed by atoms with Crippen LogP contribution in [0.4, 0.5) is 0 Å². The summed E-state index contributed by atoms with van der Waals surface area (Å²) < 4.78 is 11.0. The lowest BCUT2D eigenvalue weighted by Gasteiger charge is -2.16. The highest BCUT2D eigenvalue weighted by Crippen LogP contribution is 2.12. The van der Waals surface area contributed by atoms with Crippen molar-refractivity contribution < 1.29 is 9.47 Å². The third-order valence-corrected chi connectivity index (χ3v) is 2.71. The van der Waals surface area contributed by atoms with E-state index < -0.39 is 0 Å². The van der Waals surface area contributed by atoms with Gasteiger partial charge in [0.1, 0.15) is 0 Å². The van der Waals surface area contributed by atoms with Gasteiger partial charge in [-0.15, -0.1) is 0 Å². The highest BCUT2D eigenvalue weighted by atomic mass is 16.7. The predicted molar refractivity (Wildman–Crippen MR) is 78.6 cm³/mol. The molecule has 0 radical (unpaired) electrons. The van der Waals surface area contributed by atoms with Gasteiger partial charge in [0.15, 0.2) is 6.29 Å². The second kappa shape index (κ2) is 11.2. The van der Waals surface area contributed by atoms with Crippen LogP contribution in [0, 0.1) is 0 Å². The first-order valence-electron chi connectivity index (χ1n) is 6.82. The molecule has 0 aliphatic carbocycles. The molecule has 0 heterocycles. The number of hydrogen-bond acceptors (Lipinski definition) is 2. The van der Waals surface area contributed by atoms with Crippen LogP contribution < -0.4 is 0 Å². The molecule has 0 unspecified atom stereocenters. The van der Waals surface area contributed by atoms with Crippen LogP contribution >= 0.6 is 0 Å². The van der Waals surface area contributed by atoms with Gasteiger partial charge in [0.05, 0.1) is 0 Å². The van der Waals surface area contributed by atoms with Gasteiger partial charge in [0.25, 0.3) is 0 Å². The van der Waals surface area contributed by atoms with Gasteiger partial charge >= 0.3 is 0 Å². The molecule has 0 aromatic carbocycles. The zero-order chi connectivity index (χ0) is 13.8. The molecule has 0 saturated heterocycles. The van der Waals surface area contributed by atoms with Crippen molar-refractivity contribution in [1.29, 1.82) is 0 Å². The van der Waals surface area contributed by atoms with Crippen LogP contribution in [0.5, 0.6) is 0 Å². The number of ether oxygens (including phenoxy) is 2. The molecule has 0 rings (SSSR count). The highest BCUT2D eigenvalue weighted by molar-refractivity contribution is 5.15. The molecule has 0 fully saturated rings. The molecule has 0 amide bonds. The van der Waals surface area contributed by atoms with Gasteiger partial charge in [0, 0.05) is 19.6 Å². The Bertz CT molecular complexity index is 271. The Morgan fingerprint density at radius 1 is 1.11 bits per heavy atom. The van der Waals surface area contributed by atoms with Crippen LogP contribution in [-0.4, -0.2) is 19.5 Å². The summed E-state index contributed by atoms with van der Waals surface area (Å²) in [7, 11) is 0. The fourth-order valence-electron chi connectivity index (χ4n) is 1.56. The molecule has 18 heavy (non-hydrogen) atoms. The van der Waals surface area contributed by atoms with Crippen molar-refractivity contribution in [2.24, 2.45) is 0 Å². The van der Waals surface area contributed by atoms with Crippen LogP contribution in [-0.2, 0) is 9.47 Å². The fraction of sp³-hybridized carbons (Fsp3) is 0.625. The minimum atomic E-state index is -0.0613. The molecule has 0 aromatic rings. The molecule has 104 valence electrons. The molecule has 0 spiro atoms. The van der Waals surface area contributed by atoms with Gasteiger partial charge in [-0.2, -0.15) is 0 Å². The zero-order valence-corrected chi connectivity index (χ0v) is 12.4. The van der Waals surface area contributed by atoms with E-state index in [4.69, 9.17) is 9.47 Å². The Hall–Kier alpha value is -0.860. The Balaban J connectivity index is 4.01. The maximum Gasteiger partial charge on any atom is 0.157 e. The monoisotopic (exact) mass is 252 g/mol. The lowest BCUT2D eigenvalue weighted by atomic mass is 10.1. The minimum absolute atomic E-state index is 0.0613. The third-order valence-electron chi connectivity index (χ3n) is 2.71. The molecule has 0 N–H and O–H groups in total. The summed E-state index contributed by atoms with van der Waals surface area (Å²) in [6.07, 6.45) is 9.16. The SMILES string of the molecule is C=C/C(C)=C/C/C=C(\C)CCC(OCC)OCC. The van der Waals surface area contributed by atoms with Crippen LogP contribution in [0.2, 0.25) is 0 Å². The second-order valence-electron chi connectivity index (χ2n) is 4.32. The second-order valence-corrected chi connectivity index (χ2v) is 4.32. The molecule has 2 heteroatoms. The topological polar surface area (TPSA) is 18.5 Å². The van der Waals surface area contributed by atoms with Crippen molar-refractivity contribution >= 4 is 0 Å². The van der Waals surface area contributed by atoms with Crippen LogP contribution in [0.25, 0.3) is 0 Å². The van der Waals surface area contributed by atoms with E-state index in [0.29, 0.717) is 13.2 Å². The first-order valence-corrected chi connectivity index (χ1v) is 6.82. The molecule has 2 nitrogen and oxygen atoms in total. The molecular weight excluding hydrogens is 224 g/mol. The predicted octanol–water partition coefficient (Wildman–Crippen LogP) is 4.63. The van der Waals surface area contributed by atoms with Crippen LogP contribution in [0.3, 0.4) is 0 Å². The quantitative estimate of drug-likeness (QED) is 0.320. The van der Waals surface area contributed by atoms with Crippen molar-refractivity contribution in [2.75, 3.05) is 13.2 Å². The summed E-state index contributed by atoms with van der Waals surface area (Å²) >= 11 is 0. The normalized spacial score (nSPS) is 13.2. The highest BCUT2D eigenvalue weighted by Gasteiger charge is 2.07. The van der Waals surface area contributed by atoms with Gasteiger partial charge in [0.2, 0.25) is 0 Å². The van der Waals surface area contributed by atoms with Gasteiger partial charge < -0.3 is 9.47 Å². The lowest BCUT2D eigenvalue weighted by Crippen LogP contribution is -2.17. The van der Waals surface area contributed by atoms with Crippen LogP contribution in [0.15, 0.2) is 36.0 Å². The smallest absolute Gasteiger partial charge is 0.157 e. The summed E-state index contributed by atoms with van der Waals surface area (Å²) in [6, 6.07) is 0. The molecule has 0 saturated carbocycles. The van der Waals surface area contributed by atoms with E-state index in [2.05, 4.69) is 32.6 Å². The standard InChI is InChI=1S/C16H28O2/c1-6-14(4)10-9-11-15(5)12-13-16(17-7-2)18-8-3/h6,10-11,16H,1,7-9,12-13H2,2-5H3/b14-10+,15-11+. The lowest BCUT2D eigenvalue weighted by molar-refractivity contribution is -0.139. The average Bonchev–Trinajstić information content (AvgIpc) is 2.36. The Morgan fingerprint density at radius 2 is 1.72 bits per heavy atom. The summed E-state index contributed by atoms with van der Waals surface area (Å²) in [5, 5.41) is 0. The molecular formula is C16H28O2. The summed E-state index contributed by atoms with van der Waals surface area (Å²) in [5.41, 5.74) is 2.60. The van der Waals surface area contributed by atoms with E-state index >= 15 is 0 Å². The average molecular weight is 252 g/mol. The molecule has 0 bridgehead atoms. The molecule has 0 aromatic heterocycles. The van der Waals surface area contributed by atoms with Crippen molar-refractivity contribution in [1.82, 2.24) is 0 Å². The van der Waals surface area contributed by atoms with Gasteiger partial charge in [-0.3, -0.25) is 0 Å². The summed E-state index contributed by atoms with van der Waals surface area (Å²) in [4.78, 5) is 0. The minimum Gasteiger partial charge on any atom is -0.353 e.